The van der Waals surface area contributed by atoms with E-state index in [1.807, 2.05) is 0 Å². The molecule has 6 nitrogen and oxygen atoms in total. The van der Waals surface area contributed by atoms with Gasteiger partial charge in [-0.25, -0.2) is 4.99 Å². The largest absolute Gasteiger partial charge is 0.379 e. The van der Waals surface area contributed by atoms with Crippen molar-refractivity contribution in [1.82, 2.24) is 20.4 Å². The van der Waals surface area contributed by atoms with Gasteiger partial charge in [0.2, 0.25) is 0 Å². The average molecular weight is 558 g/mol. The van der Waals surface area contributed by atoms with Crippen molar-refractivity contribution < 1.29 is 4.74 Å². The number of nitrogens with one attached hydrogen (secondary N) is 2. The maximum atomic E-state index is 5.48. The first-order chi connectivity index (χ1) is 15.2. The summed E-state index contributed by atoms with van der Waals surface area (Å²) in [5.74, 6) is 1.84. The first-order valence-corrected chi connectivity index (χ1v) is 12.4. The van der Waals surface area contributed by atoms with Crippen molar-refractivity contribution in [3.05, 3.63) is 35.4 Å². The van der Waals surface area contributed by atoms with Crippen LogP contribution in [0, 0.1) is 5.92 Å². The monoisotopic (exact) mass is 557 g/mol. The standard InChI is InChI=1S/C25H43N5O.HI/c1-3-26-25(27-12-6-7-13-29-14-10-22(2)11-15-29)28-20-23-8-4-5-9-24(23)21-30-16-18-31-19-17-30;/h4-5,8-9,22H,3,6-7,10-21H2,1-2H3,(H2,26,27,28);1H. The van der Waals surface area contributed by atoms with Crippen LogP contribution in [-0.4, -0.2) is 74.8 Å². The number of benzene rings is 1. The maximum Gasteiger partial charge on any atom is 0.191 e. The van der Waals surface area contributed by atoms with Gasteiger partial charge in [0.1, 0.15) is 0 Å². The summed E-state index contributed by atoms with van der Waals surface area (Å²) in [6.45, 7) is 15.6. The Kier molecular flexibility index (Phi) is 13.5. The van der Waals surface area contributed by atoms with Crippen molar-refractivity contribution in [2.75, 3.05) is 59.0 Å². The molecule has 2 N–H and O–H groups in total. The van der Waals surface area contributed by atoms with E-state index in [4.69, 9.17) is 9.73 Å². The van der Waals surface area contributed by atoms with Gasteiger partial charge in [-0.05, 0) is 69.3 Å². The van der Waals surface area contributed by atoms with Crippen LogP contribution in [0.1, 0.15) is 50.7 Å². The Morgan fingerprint density at radius 2 is 1.72 bits per heavy atom. The minimum atomic E-state index is 0. The fourth-order valence-electron chi connectivity index (χ4n) is 4.33. The molecule has 0 spiro atoms. The van der Waals surface area contributed by atoms with Crippen molar-refractivity contribution in [3.8, 4) is 0 Å². The predicted molar refractivity (Wildman–Crippen MR) is 145 cm³/mol. The Labute approximate surface area is 212 Å². The Hall–Kier alpha value is -0.900. The van der Waals surface area contributed by atoms with Crippen LogP contribution in [0.15, 0.2) is 29.3 Å². The molecule has 0 bridgehead atoms. The fraction of sp³-hybridized carbons (Fsp3) is 0.720. The molecule has 32 heavy (non-hydrogen) atoms. The smallest absolute Gasteiger partial charge is 0.191 e. The lowest BCUT2D eigenvalue weighted by molar-refractivity contribution is 0.0341. The molecule has 2 aliphatic rings. The molecule has 2 fully saturated rings. The van der Waals surface area contributed by atoms with Gasteiger partial charge in [0, 0.05) is 32.7 Å². The lowest BCUT2D eigenvalue weighted by atomic mass is 9.99. The third-order valence-electron chi connectivity index (χ3n) is 6.44. The topological polar surface area (TPSA) is 52.1 Å². The average Bonchev–Trinajstić information content (AvgIpc) is 2.80. The molecule has 0 saturated carbocycles. The summed E-state index contributed by atoms with van der Waals surface area (Å²) in [5.41, 5.74) is 2.69. The molecule has 0 aliphatic carbocycles. The third-order valence-corrected chi connectivity index (χ3v) is 6.44. The first-order valence-electron chi connectivity index (χ1n) is 12.4. The van der Waals surface area contributed by atoms with Crippen LogP contribution in [0.4, 0.5) is 0 Å². The Morgan fingerprint density at radius 3 is 2.44 bits per heavy atom. The predicted octanol–water partition coefficient (Wildman–Crippen LogP) is 3.70. The van der Waals surface area contributed by atoms with E-state index < -0.39 is 0 Å². The van der Waals surface area contributed by atoms with Crippen molar-refractivity contribution in [2.24, 2.45) is 10.9 Å². The third kappa shape index (κ3) is 9.93. The summed E-state index contributed by atoms with van der Waals surface area (Å²) in [6.07, 6.45) is 5.16. The van der Waals surface area contributed by atoms with Gasteiger partial charge in [-0.15, -0.1) is 24.0 Å². The van der Waals surface area contributed by atoms with Crippen LogP contribution < -0.4 is 10.6 Å². The van der Waals surface area contributed by atoms with Crippen LogP contribution in [0.25, 0.3) is 0 Å². The maximum absolute atomic E-state index is 5.48. The number of hydrogen-bond donors (Lipinski definition) is 2. The number of piperidine rings is 1. The van der Waals surface area contributed by atoms with Gasteiger partial charge < -0.3 is 20.3 Å². The Bertz CT molecular complexity index is 657. The SMILES string of the molecule is CCNC(=NCc1ccccc1CN1CCOCC1)NCCCCN1CCC(C)CC1.I. The number of nitrogens with zero attached hydrogens (tertiary/aromatic N) is 3. The number of unbranched alkanes of at least 4 members (excludes halogenated alkanes) is 1. The van der Waals surface area contributed by atoms with Crippen LogP contribution in [0.3, 0.4) is 0 Å². The van der Waals surface area contributed by atoms with Gasteiger partial charge in [-0.2, -0.15) is 0 Å². The van der Waals surface area contributed by atoms with Gasteiger partial charge in [0.25, 0.3) is 0 Å². The van der Waals surface area contributed by atoms with Gasteiger partial charge in [0.05, 0.1) is 19.8 Å². The zero-order chi connectivity index (χ0) is 21.7. The number of aliphatic imine (C=N–C) groups is 1. The number of ether oxygens (including phenoxy) is 1. The molecule has 7 heteroatoms. The highest BCUT2D eigenvalue weighted by Crippen LogP contribution is 2.16. The van der Waals surface area contributed by atoms with Crippen LogP contribution in [0.2, 0.25) is 0 Å². The molecule has 1 aromatic rings. The normalized spacial score (nSPS) is 18.9. The summed E-state index contributed by atoms with van der Waals surface area (Å²) < 4.78 is 5.48. The Morgan fingerprint density at radius 1 is 1.00 bits per heavy atom. The lowest BCUT2D eigenvalue weighted by Crippen LogP contribution is -2.38. The van der Waals surface area contributed by atoms with Crippen molar-refractivity contribution in [3.63, 3.8) is 0 Å². The second kappa shape index (κ2) is 15.9. The second-order valence-electron chi connectivity index (χ2n) is 9.01. The molecule has 0 radical (unpaired) electrons. The number of guanidine groups is 1. The Balaban J connectivity index is 0.00000363. The van der Waals surface area contributed by atoms with Gasteiger partial charge in [-0.3, -0.25) is 4.90 Å². The lowest BCUT2D eigenvalue weighted by Gasteiger charge is -2.30. The highest BCUT2D eigenvalue weighted by atomic mass is 127. The number of hydrogen-bond acceptors (Lipinski definition) is 4. The minimum Gasteiger partial charge on any atom is -0.379 e. The summed E-state index contributed by atoms with van der Waals surface area (Å²) in [4.78, 5) is 9.97. The number of likely N-dealkylation sites (tertiary alicyclic amines) is 1. The summed E-state index contributed by atoms with van der Waals surface area (Å²) in [5, 5.41) is 6.93. The molecule has 182 valence electrons. The summed E-state index contributed by atoms with van der Waals surface area (Å²) >= 11 is 0. The van der Waals surface area contributed by atoms with E-state index >= 15 is 0 Å². The molecule has 0 atom stereocenters. The van der Waals surface area contributed by atoms with E-state index in [1.165, 1.54) is 56.4 Å². The van der Waals surface area contributed by atoms with Crippen molar-refractivity contribution in [1.29, 1.82) is 0 Å². The zero-order valence-corrected chi connectivity index (χ0v) is 22.5. The van der Waals surface area contributed by atoms with Crippen molar-refractivity contribution >= 4 is 29.9 Å². The van der Waals surface area contributed by atoms with Crippen molar-refractivity contribution in [2.45, 2.75) is 52.6 Å². The molecule has 3 rings (SSSR count). The van der Waals surface area contributed by atoms with E-state index in [0.29, 0.717) is 6.54 Å². The molecule has 0 unspecified atom stereocenters. The van der Waals surface area contributed by atoms with Crippen LogP contribution in [0.5, 0.6) is 0 Å². The fourth-order valence-corrected chi connectivity index (χ4v) is 4.33. The molecule has 1 aromatic carbocycles. The first kappa shape index (κ1) is 27.3. The number of halogens is 1. The minimum absolute atomic E-state index is 0. The molecule has 0 amide bonds. The molecular weight excluding hydrogens is 513 g/mol. The quantitative estimate of drug-likeness (QED) is 0.199. The number of morpholine rings is 1. The molecule has 2 saturated heterocycles. The van der Waals surface area contributed by atoms with Crippen LogP contribution in [-0.2, 0) is 17.8 Å². The molecular formula is C25H44IN5O. The highest BCUT2D eigenvalue weighted by Gasteiger charge is 2.15. The zero-order valence-electron chi connectivity index (χ0n) is 20.2. The molecule has 2 heterocycles. The second-order valence-corrected chi connectivity index (χ2v) is 9.01. The molecule has 2 aliphatic heterocycles. The van der Waals surface area contributed by atoms with Gasteiger partial charge in [0.15, 0.2) is 5.96 Å². The van der Waals surface area contributed by atoms with Gasteiger partial charge >= 0.3 is 0 Å². The van der Waals surface area contributed by atoms with Gasteiger partial charge in [-0.1, -0.05) is 31.2 Å². The van der Waals surface area contributed by atoms with E-state index in [0.717, 1.165) is 57.8 Å². The van der Waals surface area contributed by atoms with Crippen LogP contribution >= 0.6 is 24.0 Å². The summed E-state index contributed by atoms with van der Waals surface area (Å²) in [6, 6.07) is 8.70. The molecule has 0 aromatic heterocycles. The van der Waals surface area contributed by atoms with E-state index in [2.05, 4.69) is 58.5 Å². The van der Waals surface area contributed by atoms with E-state index in [-0.39, 0.29) is 24.0 Å². The summed E-state index contributed by atoms with van der Waals surface area (Å²) in [7, 11) is 0. The highest BCUT2D eigenvalue weighted by molar-refractivity contribution is 14.0. The number of rotatable bonds is 10. The van der Waals surface area contributed by atoms with E-state index in [9.17, 15) is 0 Å². The van der Waals surface area contributed by atoms with E-state index in [1.54, 1.807) is 0 Å².